The van der Waals surface area contributed by atoms with Crippen LogP contribution in [-0.4, -0.2) is 36.6 Å². The van der Waals surface area contributed by atoms with Crippen LogP contribution in [0.4, 0.5) is 17.6 Å². The maximum absolute atomic E-state index is 15.0. The largest absolute Gasteiger partial charge is 0.480 e. The first-order chi connectivity index (χ1) is 18.5. The molecule has 1 saturated carbocycles. The molecule has 0 aliphatic heterocycles. The number of benzene rings is 1. The predicted octanol–water partition coefficient (Wildman–Crippen LogP) is 6.08. The zero-order chi connectivity index (χ0) is 27.9. The molecule has 0 saturated heterocycles. The topological polar surface area (TPSA) is 87.8 Å². The second-order valence-corrected chi connectivity index (χ2v) is 9.69. The fourth-order valence-electron chi connectivity index (χ4n) is 4.18. The molecule has 8 nitrogen and oxygen atoms in total. The molecular formula is C27H26F4N6O2. The molecule has 0 N–H and O–H groups in total. The van der Waals surface area contributed by atoms with Crippen LogP contribution in [0.1, 0.15) is 61.2 Å². The monoisotopic (exact) mass is 542 g/mol. The minimum Gasteiger partial charge on any atom is -0.480 e. The van der Waals surface area contributed by atoms with Crippen molar-refractivity contribution in [3.8, 4) is 34.5 Å². The van der Waals surface area contributed by atoms with Crippen LogP contribution in [0.5, 0.6) is 11.8 Å². The molecule has 39 heavy (non-hydrogen) atoms. The summed E-state index contributed by atoms with van der Waals surface area (Å²) in [6, 6.07) is 5.89. The maximum atomic E-state index is 15.0. The normalized spacial score (nSPS) is 13.7. The van der Waals surface area contributed by atoms with Crippen molar-refractivity contribution >= 4 is 0 Å². The van der Waals surface area contributed by atoms with Crippen molar-refractivity contribution in [1.29, 1.82) is 0 Å². The highest BCUT2D eigenvalue weighted by Crippen LogP contribution is 2.45. The highest BCUT2D eigenvalue weighted by atomic mass is 19.4. The van der Waals surface area contributed by atoms with Gasteiger partial charge in [-0.1, -0.05) is 19.9 Å². The zero-order valence-corrected chi connectivity index (χ0v) is 21.8. The number of alkyl halides is 3. The zero-order valence-electron chi connectivity index (χ0n) is 21.8. The van der Waals surface area contributed by atoms with Crippen LogP contribution in [0, 0.1) is 5.82 Å². The molecular weight excluding hydrogens is 516 g/mol. The van der Waals surface area contributed by atoms with Crippen molar-refractivity contribution < 1.29 is 27.0 Å². The van der Waals surface area contributed by atoms with Gasteiger partial charge in [-0.25, -0.2) is 24.3 Å². The molecule has 0 radical (unpaired) electrons. The Hall–Kier alpha value is -4.09. The second kappa shape index (κ2) is 10.2. The highest BCUT2D eigenvalue weighted by molar-refractivity contribution is 5.66. The van der Waals surface area contributed by atoms with Crippen molar-refractivity contribution in [1.82, 2.24) is 29.5 Å². The van der Waals surface area contributed by atoms with Crippen LogP contribution in [0.25, 0.3) is 22.8 Å². The van der Waals surface area contributed by atoms with Crippen LogP contribution in [0.3, 0.4) is 0 Å². The first-order valence-electron chi connectivity index (χ1n) is 12.4. The van der Waals surface area contributed by atoms with Gasteiger partial charge < -0.3 is 14.0 Å². The number of imidazole rings is 1. The third-order valence-electron chi connectivity index (χ3n) is 6.36. The number of ether oxygens (including phenoxy) is 2. The van der Waals surface area contributed by atoms with Gasteiger partial charge in [-0.15, -0.1) is 0 Å². The van der Waals surface area contributed by atoms with Crippen LogP contribution in [0.2, 0.25) is 0 Å². The van der Waals surface area contributed by atoms with Gasteiger partial charge in [0, 0.05) is 25.2 Å². The smallest absolute Gasteiger partial charge is 0.434 e. The lowest BCUT2D eigenvalue weighted by Crippen LogP contribution is -2.07. The van der Waals surface area contributed by atoms with Crippen molar-refractivity contribution in [2.75, 3.05) is 7.11 Å². The highest BCUT2D eigenvalue weighted by Gasteiger charge is 2.35. The Morgan fingerprint density at radius 2 is 1.85 bits per heavy atom. The van der Waals surface area contributed by atoms with E-state index in [-0.39, 0.29) is 29.8 Å². The Kier molecular flexibility index (Phi) is 6.96. The van der Waals surface area contributed by atoms with Crippen LogP contribution >= 0.6 is 0 Å². The van der Waals surface area contributed by atoms with E-state index in [4.69, 9.17) is 14.5 Å². The van der Waals surface area contributed by atoms with E-state index in [1.54, 1.807) is 12.1 Å². The first-order valence-corrected chi connectivity index (χ1v) is 12.4. The number of nitrogens with zero attached hydrogens (tertiary/aromatic N) is 6. The molecule has 1 fully saturated rings. The number of halogens is 4. The van der Waals surface area contributed by atoms with Gasteiger partial charge in [0.05, 0.1) is 24.1 Å². The Balaban J connectivity index is 1.43. The summed E-state index contributed by atoms with van der Waals surface area (Å²) in [4.78, 5) is 21.6. The molecule has 1 aromatic carbocycles. The molecule has 0 spiro atoms. The van der Waals surface area contributed by atoms with Crippen molar-refractivity contribution in [3.05, 3.63) is 65.3 Å². The van der Waals surface area contributed by atoms with E-state index in [9.17, 15) is 17.6 Å². The third kappa shape index (κ3) is 5.55. The molecule has 0 amide bonds. The Morgan fingerprint density at radius 3 is 2.46 bits per heavy atom. The van der Waals surface area contributed by atoms with Crippen LogP contribution in [0.15, 0.2) is 36.8 Å². The molecule has 1 aliphatic carbocycles. The lowest BCUT2D eigenvalue weighted by Gasteiger charge is -2.15. The van der Waals surface area contributed by atoms with Crippen molar-refractivity contribution in [3.63, 3.8) is 0 Å². The molecule has 3 aromatic heterocycles. The molecule has 1 aliphatic rings. The molecule has 3 heterocycles. The van der Waals surface area contributed by atoms with Crippen LogP contribution in [-0.2, 0) is 19.8 Å². The Morgan fingerprint density at radius 1 is 1.08 bits per heavy atom. The van der Waals surface area contributed by atoms with Gasteiger partial charge in [0.2, 0.25) is 11.8 Å². The van der Waals surface area contributed by atoms with Gasteiger partial charge >= 0.3 is 6.18 Å². The summed E-state index contributed by atoms with van der Waals surface area (Å²) in [6.45, 7) is 3.95. The number of methoxy groups -OCH3 is 1. The van der Waals surface area contributed by atoms with E-state index in [0.717, 1.165) is 35.0 Å². The quantitative estimate of drug-likeness (QED) is 0.249. The van der Waals surface area contributed by atoms with Gasteiger partial charge in [-0.3, -0.25) is 0 Å². The number of aryl methyl sites for hydroxylation is 1. The summed E-state index contributed by atoms with van der Waals surface area (Å²) in [7, 11) is 2.91. The second-order valence-electron chi connectivity index (χ2n) is 9.69. The van der Waals surface area contributed by atoms with E-state index in [0.29, 0.717) is 28.7 Å². The fourth-order valence-corrected chi connectivity index (χ4v) is 4.18. The Labute approximate surface area is 222 Å². The van der Waals surface area contributed by atoms with Crippen LogP contribution < -0.4 is 9.47 Å². The average Bonchev–Trinajstić information content (AvgIpc) is 3.67. The summed E-state index contributed by atoms with van der Waals surface area (Å²) in [5.41, 5.74) is 1.52. The predicted molar refractivity (Wildman–Crippen MR) is 134 cm³/mol. The summed E-state index contributed by atoms with van der Waals surface area (Å²) in [5, 5.41) is 0. The van der Waals surface area contributed by atoms with E-state index < -0.39 is 17.7 Å². The molecule has 5 rings (SSSR count). The van der Waals surface area contributed by atoms with E-state index in [2.05, 4.69) is 19.9 Å². The molecule has 12 heteroatoms. The average molecular weight is 543 g/mol. The lowest BCUT2D eigenvalue weighted by atomic mass is 10.1. The van der Waals surface area contributed by atoms with E-state index >= 15 is 0 Å². The lowest BCUT2D eigenvalue weighted by molar-refractivity contribution is -0.140. The molecule has 4 aromatic rings. The number of aromatic nitrogens is 6. The first kappa shape index (κ1) is 26.5. The van der Waals surface area contributed by atoms with E-state index in [1.165, 1.54) is 32.6 Å². The molecule has 0 unspecified atom stereocenters. The molecule has 0 bridgehead atoms. The van der Waals surface area contributed by atoms with E-state index in [1.807, 2.05) is 13.8 Å². The third-order valence-corrected chi connectivity index (χ3v) is 6.36. The van der Waals surface area contributed by atoms with Gasteiger partial charge in [-0.05, 0) is 36.5 Å². The van der Waals surface area contributed by atoms with Crippen molar-refractivity contribution in [2.24, 2.45) is 7.05 Å². The van der Waals surface area contributed by atoms with Gasteiger partial charge in [-0.2, -0.15) is 18.2 Å². The standard InChI is InChI=1S/C27H26F4N6O2/c1-14(2)19-10-21(36-24(34-19)22-23(16-6-7-16)32-13-33-26(22)38-4)39-12-15-5-8-17(18(28)9-15)25-35-20(11-37(25)3)27(29,30)31/h5,8-11,13-14,16H,6-7,12H2,1-4H3. The van der Waals surface area contributed by atoms with Crippen molar-refractivity contribution in [2.45, 2.75) is 51.3 Å². The summed E-state index contributed by atoms with van der Waals surface area (Å²) >= 11 is 0. The van der Waals surface area contributed by atoms with Gasteiger partial charge in [0.15, 0.2) is 11.5 Å². The molecule has 0 atom stereocenters. The minimum atomic E-state index is -4.62. The SMILES string of the molecule is COc1ncnc(C2CC2)c1-c1nc(OCc2ccc(-c3nc(C(F)(F)F)cn3C)c(F)c2)cc(C(C)C)n1. The summed E-state index contributed by atoms with van der Waals surface area (Å²) in [6.07, 6.45) is -0.310. The van der Waals surface area contributed by atoms with Gasteiger partial charge in [0.25, 0.3) is 0 Å². The summed E-state index contributed by atoms with van der Waals surface area (Å²) < 4.78 is 66.6. The fraction of sp³-hybridized carbons (Fsp3) is 0.370. The number of rotatable bonds is 8. The number of hydrogen-bond donors (Lipinski definition) is 0. The summed E-state index contributed by atoms with van der Waals surface area (Å²) in [5.74, 6) is 0.543. The van der Waals surface area contributed by atoms with Gasteiger partial charge in [0.1, 0.15) is 30.1 Å². The maximum Gasteiger partial charge on any atom is 0.434 e. The Bertz CT molecular complexity index is 1510. The minimum absolute atomic E-state index is 0.0303. The molecule has 204 valence electrons. The number of hydrogen-bond acceptors (Lipinski definition) is 7.